The zero-order chi connectivity index (χ0) is 59.3. The van der Waals surface area contributed by atoms with Gasteiger partial charge in [-0.2, -0.15) is 0 Å². The highest BCUT2D eigenvalue weighted by Crippen LogP contribution is 2.44. The number of pyridine rings is 1. The molecule has 422 valence electrons. The van der Waals surface area contributed by atoms with E-state index in [1.165, 1.54) is 33.4 Å². The smallest absolute Gasteiger partial charge is 0.155 e. The van der Waals surface area contributed by atoms with E-state index in [2.05, 4.69) is 277 Å². The maximum atomic E-state index is 5.84. The molecule has 8 heteroatoms. The number of H-pyrrole nitrogens is 2. The van der Waals surface area contributed by atoms with Crippen LogP contribution in [0.25, 0.3) is 108 Å². The predicted octanol–water partition coefficient (Wildman–Crippen LogP) is 19.8. The molecule has 4 aromatic carbocycles. The van der Waals surface area contributed by atoms with Crippen molar-refractivity contribution in [3.05, 3.63) is 190 Å². The van der Waals surface area contributed by atoms with Crippen LogP contribution in [0.3, 0.4) is 0 Å². The van der Waals surface area contributed by atoms with Crippen LogP contribution in [-0.2, 0) is 32.5 Å². The van der Waals surface area contributed by atoms with E-state index in [-0.39, 0.29) is 32.5 Å². The van der Waals surface area contributed by atoms with Crippen molar-refractivity contribution in [1.29, 1.82) is 0 Å². The molecule has 0 atom stereocenters. The Hall–Kier alpha value is -8.23. The molecule has 8 nitrogen and oxygen atoms in total. The Bertz CT molecular complexity index is 4060. The van der Waals surface area contributed by atoms with Gasteiger partial charge in [0.15, 0.2) is 5.82 Å². The zero-order valence-corrected chi connectivity index (χ0v) is 52.2. The van der Waals surface area contributed by atoms with Gasteiger partial charge in [0.25, 0.3) is 0 Å². The number of benzene rings is 4. The first-order valence-electron chi connectivity index (χ1n) is 29.5. The van der Waals surface area contributed by atoms with Gasteiger partial charge in [0, 0.05) is 56.1 Å². The molecule has 0 saturated heterocycles. The van der Waals surface area contributed by atoms with Crippen LogP contribution in [0.15, 0.2) is 134 Å². The Morgan fingerprint density at radius 1 is 0.337 bits per heavy atom. The number of nitrogens with zero attached hydrogens (tertiary/aromatic N) is 6. The molecule has 0 saturated carbocycles. The summed E-state index contributed by atoms with van der Waals surface area (Å²) in [7, 11) is 0. The highest BCUT2D eigenvalue weighted by atomic mass is 15.4. The molecule has 0 aliphatic carbocycles. The topological polar surface area (TPSA) is 101 Å². The molecular formula is C75H82N8. The van der Waals surface area contributed by atoms with Gasteiger partial charge in [0.05, 0.1) is 29.0 Å². The van der Waals surface area contributed by atoms with Crippen molar-refractivity contribution in [1.82, 2.24) is 39.9 Å². The van der Waals surface area contributed by atoms with E-state index in [1.807, 2.05) is 24.4 Å². The van der Waals surface area contributed by atoms with Crippen molar-refractivity contribution in [2.45, 2.75) is 157 Å². The van der Waals surface area contributed by atoms with E-state index in [9.17, 15) is 0 Å². The third-order valence-corrected chi connectivity index (χ3v) is 16.5. The first-order valence-corrected chi connectivity index (χ1v) is 29.5. The van der Waals surface area contributed by atoms with E-state index in [4.69, 9.17) is 9.97 Å². The second kappa shape index (κ2) is 20.3. The average molecular weight is 1100 g/mol. The summed E-state index contributed by atoms with van der Waals surface area (Å²) in [6, 6.07) is 44.9. The van der Waals surface area contributed by atoms with Crippen LogP contribution in [0.1, 0.15) is 181 Å². The van der Waals surface area contributed by atoms with Crippen molar-refractivity contribution >= 4 is 46.4 Å². The van der Waals surface area contributed by atoms with Gasteiger partial charge in [-0.3, -0.25) is 0 Å². The molecule has 2 N–H and O–H groups in total. The largest absolute Gasteiger partial charge is 0.354 e. The number of fused-ring (bicyclic) bond motifs is 8. The van der Waals surface area contributed by atoms with E-state index < -0.39 is 0 Å². The second-order valence-electron chi connectivity index (χ2n) is 29.2. The van der Waals surface area contributed by atoms with Crippen molar-refractivity contribution in [3.8, 4) is 61.6 Å². The van der Waals surface area contributed by atoms with Gasteiger partial charge in [-0.25, -0.2) is 19.6 Å². The molecule has 0 unspecified atom stereocenters. The molecule has 8 bridgehead atoms. The maximum Gasteiger partial charge on any atom is 0.155 e. The monoisotopic (exact) mass is 1090 g/mol. The van der Waals surface area contributed by atoms with Crippen molar-refractivity contribution < 1.29 is 0 Å². The summed E-state index contributed by atoms with van der Waals surface area (Å²) in [4.78, 5) is 24.3. The first-order chi connectivity index (χ1) is 38.9. The SMILES string of the molecule is CC(C)(C)c1cc(-c2c3nc(c(-c4cc(C(C)(C)C)cc(C(C)(C)C)c4)c4ccc([nH]4)c(-c4cc(C(C)(C)C)cc(C(C)(C)C)c4)c4nc(c(-c5ccc(-c6cn(-c7ccccn7)nn6)cc5)c5ccc2[nH]5)C=C4)C=C3)cc(C(C)(C)C)c1. The average Bonchev–Trinajstić information content (AvgIpc) is 3.89. The minimum atomic E-state index is -0.116. The van der Waals surface area contributed by atoms with Gasteiger partial charge >= 0.3 is 0 Å². The number of nitrogens with one attached hydrogen (secondary N) is 2. The van der Waals surface area contributed by atoms with Crippen LogP contribution < -0.4 is 0 Å². The Morgan fingerprint density at radius 3 is 0.952 bits per heavy atom. The summed E-state index contributed by atoms with van der Waals surface area (Å²) in [5.41, 5.74) is 24.4. The van der Waals surface area contributed by atoms with E-state index >= 15 is 0 Å². The molecular weight excluding hydrogens is 1010 g/mol. The first kappa shape index (κ1) is 56.6. The van der Waals surface area contributed by atoms with Gasteiger partial charge in [-0.15, -0.1) is 5.10 Å². The molecule has 9 aromatic rings. The van der Waals surface area contributed by atoms with E-state index in [0.717, 1.165) is 101 Å². The van der Waals surface area contributed by atoms with Crippen LogP contribution in [0.5, 0.6) is 0 Å². The summed E-state index contributed by atoms with van der Waals surface area (Å²) >= 11 is 0. The summed E-state index contributed by atoms with van der Waals surface area (Å²) in [5, 5.41) is 9.02. The Balaban J connectivity index is 1.29. The maximum absolute atomic E-state index is 5.84. The third-order valence-electron chi connectivity index (χ3n) is 16.5. The summed E-state index contributed by atoms with van der Waals surface area (Å²) in [5.74, 6) is 0.708. The summed E-state index contributed by atoms with van der Waals surface area (Å²) < 4.78 is 1.71. The van der Waals surface area contributed by atoms with Crippen LogP contribution in [0, 0.1) is 0 Å². The molecule has 7 heterocycles. The van der Waals surface area contributed by atoms with Gasteiger partial charge in [0.2, 0.25) is 0 Å². The number of hydrogen-bond acceptors (Lipinski definition) is 5. The van der Waals surface area contributed by atoms with E-state index in [0.29, 0.717) is 5.82 Å². The van der Waals surface area contributed by atoms with Gasteiger partial charge in [-0.1, -0.05) is 215 Å². The molecule has 83 heavy (non-hydrogen) atoms. The Labute approximate surface area is 492 Å². The molecule has 11 rings (SSSR count). The normalized spacial score (nSPS) is 13.3. The fourth-order valence-corrected chi connectivity index (χ4v) is 11.1. The number of rotatable bonds is 6. The molecule has 0 spiro atoms. The zero-order valence-electron chi connectivity index (χ0n) is 52.2. The molecule has 0 amide bonds. The predicted molar refractivity (Wildman–Crippen MR) is 351 cm³/mol. The lowest BCUT2D eigenvalue weighted by atomic mass is 9.78. The van der Waals surface area contributed by atoms with Crippen molar-refractivity contribution in [3.63, 3.8) is 0 Å². The highest BCUT2D eigenvalue weighted by molar-refractivity contribution is 6.00. The Kier molecular flexibility index (Phi) is 13.8. The summed E-state index contributed by atoms with van der Waals surface area (Å²) in [6.07, 6.45) is 12.6. The standard InChI is InChI=1S/C75H82N8/c1-70(2,3)50-35-47(36-51(41-50)71(4,5)6)67-58-28-26-56(77-58)66(46-24-22-45(23-25-46)64-44-83(82-81-64)65-21-19-20-34-76-65)57-27-29-59(78-57)68(48-37-52(72(7,8)9)42-53(38-48)73(10,11)12)61-31-33-63(80-61)69(62-32-30-60(67)79-62)49-39-54(74(13,14)15)43-55(40-49)75(16,17)18/h19-44,77,80H,1-18H3. The van der Waals surface area contributed by atoms with Crippen LogP contribution in [0.2, 0.25) is 0 Å². The van der Waals surface area contributed by atoms with E-state index in [1.54, 1.807) is 10.9 Å². The third kappa shape index (κ3) is 11.4. The van der Waals surface area contributed by atoms with Gasteiger partial charge in [0.1, 0.15) is 5.69 Å². The number of aromatic nitrogens is 8. The van der Waals surface area contributed by atoms with Crippen molar-refractivity contribution in [2.24, 2.45) is 0 Å². The molecule has 0 radical (unpaired) electrons. The minimum absolute atomic E-state index is 0.111. The molecule has 5 aromatic heterocycles. The lowest BCUT2D eigenvalue weighted by Crippen LogP contribution is -2.16. The fourth-order valence-electron chi connectivity index (χ4n) is 11.1. The number of hydrogen-bond donors (Lipinski definition) is 2. The molecule has 2 aliphatic heterocycles. The molecule has 2 aliphatic rings. The van der Waals surface area contributed by atoms with Crippen LogP contribution >= 0.6 is 0 Å². The lowest BCUT2D eigenvalue weighted by molar-refractivity contribution is 0.568. The van der Waals surface area contributed by atoms with Crippen LogP contribution in [-0.4, -0.2) is 39.9 Å². The molecule has 0 fully saturated rings. The highest BCUT2D eigenvalue weighted by Gasteiger charge is 2.28. The number of aromatic amines is 2. The van der Waals surface area contributed by atoms with Crippen LogP contribution in [0.4, 0.5) is 0 Å². The minimum Gasteiger partial charge on any atom is -0.354 e. The lowest BCUT2D eigenvalue weighted by Gasteiger charge is -2.26. The fraction of sp³-hybridized carbons (Fsp3) is 0.320. The van der Waals surface area contributed by atoms with Crippen molar-refractivity contribution in [2.75, 3.05) is 0 Å². The quantitative estimate of drug-likeness (QED) is 0.173. The summed E-state index contributed by atoms with van der Waals surface area (Å²) in [6.45, 7) is 41.6. The second-order valence-corrected chi connectivity index (χ2v) is 29.2. The van der Waals surface area contributed by atoms with Gasteiger partial charge < -0.3 is 9.97 Å². The Morgan fingerprint density at radius 2 is 0.651 bits per heavy atom. The van der Waals surface area contributed by atoms with Gasteiger partial charge in [-0.05, 0) is 149 Å².